The average Bonchev–Trinajstić information content (AvgIpc) is 2.51. The second-order valence-corrected chi connectivity index (χ2v) is 7.70. The van der Waals surface area contributed by atoms with Crippen LogP contribution in [0.15, 0.2) is 30.3 Å². The third-order valence-corrected chi connectivity index (χ3v) is 5.81. The van der Waals surface area contributed by atoms with Gasteiger partial charge in [0.2, 0.25) is 15.9 Å². The quantitative estimate of drug-likeness (QED) is 0.774. The minimum Gasteiger partial charge on any atom is -0.356 e. The summed E-state index contributed by atoms with van der Waals surface area (Å²) < 4.78 is 25.1. The van der Waals surface area contributed by atoms with Gasteiger partial charge in [-0.3, -0.25) is 4.79 Å². The summed E-state index contributed by atoms with van der Waals surface area (Å²) in [5.74, 6) is 0.139. The van der Waals surface area contributed by atoms with Gasteiger partial charge in [-0.2, -0.15) is 0 Å². The lowest BCUT2D eigenvalue weighted by Crippen LogP contribution is -2.40. The Morgan fingerprint density at radius 1 is 1.18 bits per heavy atom. The van der Waals surface area contributed by atoms with Crippen molar-refractivity contribution >= 4 is 15.9 Å². The summed E-state index contributed by atoms with van der Waals surface area (Å²) in [4.78, 5) is 11.8. The van der Waals surface area contributed by atoms with Crippen LogP contribution in [0.2, 0.25) is 0 Å². The Balaban J connectivity index is 1.62. The maximum absolute atomic E-state index is 11.8. The second kappa shape index (κ2) is 8.29. The Hall–Kier alpha value is -1.40. The molecule has 1 fully saturated rings. The van der Waals surface area contributed by atoms with E-state index in [2.05, 4.69) is 17.4 Å². The number of carbonyl (C=O) groups excluding carboxylic acids is 1. The number of sulfonamides is 1. The Labute approximate surface area is 132 Å². The Kier molecular flexibility index (Phi) is 6.39. The Bertz CT molecular complexity index is 572. The van der Waals surface area contributed by atoms with E-state index >= 15 is 0 Å². The maximum Gasteiger partial charge on any atom is 0.221 e. The number of benzene rings is 1. The van der Waals surface area contributed by atoms with Crippen molar-refractivity contribution < 1.29 is 13.2 Å². The fourth-order valence-electron chi connectivity index (χ4n) is 2.57. The van der Waals surface area contributed by atoms with Crippen LogP contribution < -0.4 is 5.32 Å². The highest BCUT2D eigenvalue weighted by Crippen LogP contribution is 2.13. The molecule has 5 nitrogen and oxygen atoms in total. The number of hydrogen-bond donors (Lipinski definition) is 1. The number of nitrogens with zero attached hydrogens (tertiary/aromatic N) is 1. The first-order chi connectivity index (χ1) is 10.6. The molecule has 0 radical (unpaired) electrons. The summed E-state index contributed by atoms with van der Waals surface area (Å²) in [6.45, 7) is 1.47. The molecule has 0 aliphatic carbocycles. The summed E-state index contributed by atoms with van der Waals surface area (Å²) >= 11 is 0. The zero-order valence-electron chi connectivity index (χ0n) is 12.8. The standard InChI is InChI=1S/C16H24N2O3S/c19-16(10-13-18-12-4-5-14-22(18,20)21)17-11-6-9-15-7-2-1-3-8-15/h1-3,7-8H,4-6,9-14H2,(H,17,19). The number of hydrogen-bond acceptors (Lipinski definition) is 3. The number of carbonyl (C=O) groups is 1. The molecular formula is C16H24N2O3S. The van der Waals surface area contributed by atoms with Crippen molar-refractivity contribution in [1.29, 1.82) is 0 Å². The van der Waals surface area contributed by atoms with Gasteiger partial charge in [0.15, 0.2) is 0 Å². The van der Waals surface area contributed by atoms with E-state index in [1.165, 1.54) is 9.87 Å². The molecule has 1 amide bonds. The molecule has 6 heteroatoms. The molecule has 0 saturated carbocycles. The molecular weight excluding hydrogens is 300 g/mol. The van der Waals surface area contributed by atoms with E-state index in [1.54, 1.807) is 0 Å². The van der Waals surface area contributed by atoms with E-state index in [9.17, 15) is 13.2 Å². The SMILES string of the molecule is O=C(CCN1CCCCS1(=O)=O)NCCCc1ccccc1. The van der Waals surface area contributed by atoms with Gasteiger partial charge in [-0.1, -0.05) is 30.3 Å². The van der Waals surface area contributed by atoms with Crippen molar-refractivity contribution in [3.63, 3.8) is 0 Å². The smallest absolute Gasteiger partial charge is 0.221 e. The lowest BCUT2D eigenvalue weighted by Gasteiger charge is -2.25. The lowest BCUT2D eigenvalue weighted by molar-refractivity contribution is -0.121. The summed E-state index contributed by atoms with van der Waals surface area (Å²) in [5.41, 5.74) is 1.26. The Morgan fingerprint density at radius 3 is 2.68 bits per heavy atom. The fraction of sp³-hybridized carbons (Fsp3) is 0.562. The van der Waals surface area contributed by atoms with Crippen molar-refractivity contribution in [2.24, 2.45) is 0 Å². The molecule has 1 heterocycles. The first-order valence-corrected chi connectivity index (χ1v) is 9.47. The van der Waals surface area contributed by atoms with Gasteiger partial charge in [-0.25, -0.2) is 12.7 Å². The molecule has 1 aromatic carbocycles. The van der Waals surface area contributed by atoms with Gasteiger partial charge < -0.3 is 5.32 Å². The van der Waals surface area contributed by atoms with Gasteiger partial charge >= 0.3 is 0 Å². The molecule has 0 atom stereocenters. The maximum atomic E-state index is 11.8. The van der Waals surface area contributed by atoms with E-state index < -0.39 is 10.0 Å². The molecule has 1 aliphatic rings. The van der Waals surface area contributed by atoms with E-state index in [1.807, 2.05) is 18.2 Å². The third kappa shape index (κ3) is 5.42. The normalized spacial score (nSPS) is 18.0. The van der Waals surface area contributed by atoms with Crippen molar-refractivity contribution in [2.75, 3.05) is 25.4 Å². The highest BCUT2D eigenvalue weighted by molar-refractivity contribution is 7.89. The predicted octanol–water partition coefficient (Wildman–Crippen LogP) is 1.55. The molecule has 0 bridgehead atoms. The van der Waals surface area contributed by atoms with Crippen molar-refractivity contribution in [3.05, 3.63) is 35.9 Å². The van der Waals surface area contributed by atoms with E-state index in [0.29, 0.717) is 19.6 Å². The van der Waals surface area contributed by atoms with Gasteiger partial charge in [0.25, 0.3) is 0 Å². The first-order valence-electron chi connectivity index (χ1n) is 7.86. The van der Waals surface area contributed by atoms with Gasteiger partial charge in [0.1, 0.15) is 0 Å². The zero-order valence-corrected chi connectivity index (χ0v) is 13.6. The van der Waals surface area contributed by atoms with Crippen molar-refractivity contribution in [2.45, 2.75) is 32.1 Å². The highest BCUT2D eigenvalue weighted by Gasteiger charge is 2.25. The van der Waals surface area contributed by atoms with Crippen LogP contribution in [0.5, 0.6) is 0 Å². The first kappa shape index (κ1) is 17.0. The van der Waals surface area contributed by atoms with Crippen LogP contribution in [0.4, 0.5) is 0 Å². The van der Waals surface area contributed by atoms with E-state index in [4.69, 9.17) is 0 Å². The summed E-state index contributed by atoms with van der Waals surface area (Å²) in [6.07, 6.45) is 3.67. The van der Waals surface area contributed by atoms with Crippen LogP contribution in [0.1, 0.15) is 31.2 Å². The van der Waals surface area contributed by atoms with Gasteiger partial charge in [-0.05, 0) is 31.2 Å². The number of aryl methyl sites for hydroxylation is 1. The van der Waals surface area contributed by atoms with Crippen LogP contribution >= 0.6 is 0 Å². The third-order valence-electron chi connectivity index (χ3n) is 3.85. The van der Waals surface area contributed by atoms with Crippen LogP contribution in [-0.4, -0.2) is 44.0 Å². The molecule has 2 rings (SSSR count). The van der Waals surface area contributed by atoms with E-state index in [-0.39, 0.29) is 18.1 Å². The summed E-state index contributed by atoms with van der Waals surface area (Å²) in [7, 11) is -3.13. The molecule has 0 spiro atoms. The van der Waals surface area contributed by atoms with Crippen LogP contribution in [0.3, 0.4) is 0 Å². The minimum atomic E-state index is -3.13. The summed E-state index contributed by atoms with van der Waals surface area (Å²) in [5, 5.41) is 2.86. The van der Waals surface area contributed by atoms with E-state index in [0.717, 1.165) is 25.7 Å². The van der Waals surface area contributed by atoms with Gasteiger partial charge in [0, 0.05) is 26.1 Å². The van der Waals surface area contributed by atoms with Gasteiger partial charge in [0.05, 0.1) is 5.75 Å². The topological polar surface area (TPSA) is 66.5 Å². The number of nitrogens with one attached hydrogen (secondary N) is 1. The predicted molar refractivity (Wildman–Crippen MR) is 87.0 cm³/mol. The molecule has 0 aromatic heterocycles. The van der Waals surface area contributed by atoms with Crippen LogP contribution in [0, 0.1) is 0 Å². The molecule has 1 aliphatic heterocycles. The van der Waals surface area contributed by atoms with Crippen LogP contribution in [-0.2, 0) is 21.2 Å². The highest BCUT2D eigenvalue weighted by atomic mass is 32.2. The molecule has 1 N–H and O–H groups in total. The fourth-order valence-corrected chi connectivity index (χ4v) is 4.18. The molecule has 1 aromatic rings. The Morgan fingerprint density at radius 2 is 1.95 bits per heavy atom. The average molecular weight is 324 g/mol. The van der Waals surface area contributed by atoms with Crippen molar-refractivity contribution in [1.82, 2.24) is 9.62 Å². The van der Waals surface area contributed by atoms with Crippen LogP contribution in [0.25, 0.3) is 0 Å². The largest absolute Gasteiger partial charge is 0.356 e. The minimum absolute atomic E-state index is 0.0752. The second-order valence-electron chi connectivity index (χ2n) is 5.61. The zero-order chi connectivity index (χ0) is 15.8. The number of amides is 1. The molecule has 122 valence electrons. The van der Waals surface area contributed by atoms with Gasteiger partial charge in [-0.15, -0.1) is 0 Å². The summed E-state index contributed by atoms with van der Waals surface area (Å²) in [6, 6.07) is 10.1. The number of rotatable bonds is 7. The molecule has 1 saturated heterocycles. The molecule has 22 heavy (non-hydrogen) atoms. The monoisotopic (exact) mass is 324 g/mol. The van der Waals surface area contributed by atoms with Crippen molar-refractivity contribution in [3.8, 4) is 0 Å². The molecule has 0 unspecified atom stereocenters. The lowest BCUT2D eigenvalue weighted by atomic mass is 10.1.